The minimum Gasteiger partial charge on any atom is -0.481 e. The van der Waals surface area contributed by atoms with Crippen molar-refractivity contribution in [3.8, 4) is 0 Å². The zero-order valence-corrected chi connectivity index (χ0v) is 10.7. The van der Waals surface area contributed by atoms with Crippen LogP contribution in [0.5, 0.6) is 0 Å². The molecular weight excluding hydrogens is 234 g/mol. The number of aryl methyl sites for hydroxylation is 1. The summed E-state index contributed by atoms with van der Waals surface area (Å²) in [5, 5.41) is 15.8. The fourth-order valence-corrected chi connectivity index (χ4v) is 2.45. The normalized spacial score (nSPS) is 24.6. The molecule has 0 bridgehead atoms. The number of nitrogens with one attached hydrogen (secondary N) is 1. The van der Waals surface area contributed by atoms with Crippen LogP contribution in [0.1, 0.15) is 19.4 Å². The first kappa shape index (κ1) is 12.6. The average molecular weight is 251 g/mol. The van der Waals surface area contributed by atoms with E-state index in [1.54, 1.807) is 31.8 Å². The van der Waals surface area contributed by atoms with Gasteiger partial charge in [0.15, 0.2) is 0 Å². The molecule has 0 saturated heterocycles. The van der Waals surface area contributed by atoms with Crippen LogP contribution in [0, 0.1) is 17.3 Å². The molecular formula is C12H17N3O3. The minimum absolute atomic E-state index is 0.198. The topological polar surface area (TPSA) is 84.2 Å². The van der Waals surface area contributed by atoms with Gasteiger partial charge in [-0.1, -0.05) is 13.8 Å². The molecule has 1 aromatic rings. The lowest BCUT2D eigenvalue weighted by atomic mass is 10.1. The van der Waals surface area contributed by atoms with E-state index >= 15 is 0 Å². The molecule has 2 N–H and O–H groups in total. The molecule has 1 aromatic heterocycles. The van der Waals surface area contributed by atoms with E-state index < -0.39 is 23.2 Å². The number of aromatic nitrogens is 2. The largest absolute Gasteiger partial charge is 0.481 e. The van der Waals surface area contributed by atoms with Gasteiger partial charge >= 0.3 is 5.97 Å². The molecule has 0 spiro atoms. The summed E-state index contributed by atoms with van der Waals surface area (Å²) in [4.78, 5) is 22.9. The molecule has 1 aliphatic rings. The first-order chi connectivity index (χ1) is 8.34. The van der Waals surface area contributed by atoms with Crippen LogP contribution >= 0.6 is 0 Å². The molecule has 0 aromatic carbocycles. The smallest absolute Gasteiger partial charge is 0.307 e. The number of nitrogens with zero attached hydrogens (tertiary/aromatic N) is 2. The van der Waals surface area contributed by atoms with E-state index in [1.165, 1.54) is 0 Å². The molecule has 1 amide bonds. The van der Waals surface area contributed by atoms with Crippen LogP contribution < -0.4 is 5.32 Å². The van der Waals surface area contributed by atoms with Gasteiger partial charge in [0.2, 0.25) is 5.91 Å². The number of hydrogen-bond acceptors (Lipinski definition) is 3. The van der Waals surface area contributed by atoms with Gasteiger partial charge in [-0.15, -0.1) is 0 Å². The summed E-state index contributed by atoms with van der Waals surface area (Å²) < 4.78 is 1.66. The summed E-state index contributed by atoms with van der Waals surface area (Å²) in [6.07, 6.45) is 3.49. The van der Waals surface area contributed by atoms with E-state index in [2.05, 4.69) is 10.4 Å². The highest BCUT2D eigenvalue weighted by molar-refractivity contribution is 5.91. The summed E-state index contributed by atoms with van der Waals surface area (Å²) in [6.45, 7) is 3.99. The van der Waals surface area contributed by atoms with Gasteiger partial charge in [-0.2, -0.15) is 5.10 Å². The van der Waals surface area contributed by atoms with Gasteiger partial charge in [-0.05, 0) is 5.41 Å². The predicted octanol–water partition coefficient (Wildman–Crippen LogP) is 0.393. The van der Waals surface area contributed by atoms with Gasteiger partial charge in [-0.25, -0.2) is 0 Å². The Morgan fingerprint density at radius 1 is 1.50 bits per heavy atom. The number of carbonyl (C=O) groups is 2. The van der Waals surface area contributed by atoms with Crippen molar-refractivity contribution < 1.29 is 14.7 Å². The molecule has 98 valence electrons. The Morgan fingerprint density at radius 3 is 2.61 bits per heavy atom. The summed E-state index contributed by atoms with van der Waals surface area (Å²) in [5.41, 5.74) is 0.446. The molecule has 6 heteroatoms. The molecule has 0 radical (unpaired) electrons. The summed E-state index contributed by atoms with van der Waals surface area (Å²) >= 11 is 0. The van der Waals surface area contributed by atoms with E-state index in [0.29, 0.717) is 6.54 Å². The van der Waals surface area contributed by atoms with Crippen molar-refractivity contribution in [3.63, 3.8) is 0 Å². The highest BCUT2D eigenvalue weighted by Crippen LogP contribution is 2.58. The number of carbonyl (C=O) groups excluding carboxylic acids is 1. The fourth-order valence-electron chi connectivity index (χ4n) is 2.45. The van der Waals surface area contributed by atoms with Gasteiger partial charge in [-0.3, -0.25) is 14.3 Å². The van der Waals surface area contributed by atoms with Crippen LogP contribution in [-0.2, 0) is 23.2 Å². The zero-order valence-electron chi connectivity index (χ0n) is 10.7. The Bertz CT molecular complexity index is 493. The van der Waals surface area contributed by atoms with Gasteiger partial charge in [0.05, 0.1) is 18.0 Å². The lowest BCUT2D eigenvalue weighted by Gasteiger charge is -2.04. The van der Waals surface area contributed by atoms with E-state index in [1.807, 2.05) is 6.20 Å². The van der Waals surface area contributed by atoms with E-state index in [-0.39, 0.29) is 5.91 Å². The SMILES string of the molecule is Cn1cc(CNC(=O)C2C(C(=O)O)C2(C)C)cn1. The number of aliphatic carboxylic acids is 1. The summed E-state index contributed by atoms with van der Waals surface area (Å²) in [7, 11) is 1.80. The lowest BCUT2D eigenvalue weighted by molar-refractivity contribution is -0.140. The Balaban J connectivity index is 1.92. The third-order valence-electron chi connectivity index (χ3n) is 3.60. The Hall–Kier alpha value is -1.85. The first-order valence-electron chi connectivity index (χ1n) is 5.82. The molecule has 1 aliphatic carbocycles. The highest BCUT2D eigenvalue weighted by atomic mass is 16.4. The van der Waals surface area contributed by atoms with Crippen LogP contribution in [-0.4, -0.2) is 26.8 Å². The van der Waals surface area contributed by atoms with Crippen LogP contribution in [0.25, 0.3) is 0 Å². The predicted molar refractivity (Wildman–Crippen MR) is 63.5 cm³/mol. The molecule has 2 atom stereocenters. The first-order valence-corrected chi connectivity index (χ1v) is 5.82. The van der Waals surface area contributed by atoms with Crippen molar-refractivity contribution in [2.24, 2.45) is 24.3 Å². The second-order valence-electron chi connectivity index (χ2n) is 5.36. The number of carboxylic acid groups (broad SMARTS) is 1. The molecule has 1 fully saturated rings. The molecule has 1 heterocycles. The van der Waals surface area contributed by atoms with E-state index in [0.717, 1.165) is 5.56 Å². The van der Waals surface area contributed by atoms with E-state index in [9.17, 15) is 9.59 Å². The third kappa shape index (κ3) is 2.10. The van der Waals surface area contributed by atoms with Gasteiger partial charge in [0.1, 0.15) is 0 Å². The molecule has 1 saturated carbocycles. The zero-order chi connectivity index (χ0) is 13.5. The van der Waals surface area contributed by atoms with Crippen LogP contribution in [0.4, 0.5) is 0 Å². The number of rotatable bonds is 4. The second-order valence-corrected chi connectivity index (χ2v) is 5.36. The molecule has 6 nitrogen and oxygen atoms in total. The number of amides is 1. The standard InChI is InChI=1S/C12H17N3O3/c1-12(2)8(9(12)11(17)18)10(16)13-4-7-5-14-15(3)6-7/h5-6,8-9H,4H2,1-3H3,(H,13,16)(H,17,18). The van der Waals surface area contributed by atoms with Crippen molar-refractivity contribution in [1.82, 2.24) is 15.1 Å². The third-order valence-corrected chi connectivity index (χ3v) is 3.60. The summed E-state index contributed by atoms with van der Waals surface area (Å²) in [6, 6.07) is 0. The molecule has 2 rings (SSSR count). The monoisotopic (exact) mass is 251 g/mol. The van der Waals surface area contributed by atoms with Crippen LogP contribution in [0.2, 0.25) is 0 Å². The Labute approximate surface area is 105 Å². The van der Waals surface area contributed by atoms with Crippen molar-refractivity contribution in [1.29, 1.82) is 0 Å². The maximum absolute atomic E-state index is 11.9. The van der Waals surface area contributed by atoms with Gasteiger partial charge in [0, 0.05) is 25.4 Å². The Kier molecular flexibility index (Phi) is 2.88. The van der Waals surface area contributed by atoms with Crippen molar-refractivity contribution in [2.45, 2.75) is 20.4 Å². The van der Waals surface area contributed by atoms with Crippen molar-refractivity contribution >= 4 is 11.9 Å². The van der Waals surface area contributed by atoms with E-state index in [4.69, 9.17) is 5.11 Å². The van der Waals surface area contributed by atoms with Crippen LogP contribution in [0.15, 0.2) is 12.4 Å². The van der Waals surface area contributed by atoms with Crippen molar-refractivity contribution in [3.05, 3.63) is 18.0 Å². The molecule has 0 aliphatic heterocycles. The maximum atomic E-state index is 11.9. The van der Waals surface area contributed by atoms with Crippen LogP contribution in [0.3, 0.4) is 0 Å². The highest BCUT2D eigenvalue weighted by Gasteiger charge is 2.65. The Morgan fingerprint density at radius 2 is 2.17 bits per heavy atom. The maximum Gasteiger partial charge on any atom is 0.307 e. The lowest BCUT2D eigenvalue weighted by Crippen LogP contribution is -2.26. The number of hydrogen-bond donors (Lipinski definition) is 2. The second kappa shape index (κ2) is 4.12. The van der Waals surface area contributed by atoms with Crippen molar-refractivity contribution in [2.75, 3.05) is 0 Å². The summed E-state index contributed by atoms with van der Waals surface area (Å²) in [5.74, 6) is -2.11. The minimum atomic E-state index is -0.901. The average Bonchev–Trinajstić information content (AvgIpc) is 2.63. The quantitative estimate of drug-likeness (QED) is 0.811. The van der Waals surface area contributed by atoms with Gasteiger partial charge in [0.25, 0.3) is 0 Å². The molecule has 2 unspecified atom stereocenters. The molecule has 18 heavy (non-hydrogen) atoms. The van der Waals surface area contributed by atoms with Gasteiger partial charge < -0.3 is 10.4 Å². The fraction of sp³-hybridized carbons (Fsp3) is 0.583. The number of carboxylic acids is 1.